The van der Waals surface area contributed by atoms with Crippen molar-refractivity contribution in [1.29, 1.82) is 5.41 Å². The van der Waals surface area contributed by atoms with E-state index in [4.69, 9.17) is 5.41 Å². The standard InChI is InChI=1S/C9H9N3O2/c10-6-11-4-7-1-2-9(12(13)14)3-8(7)5-11/h1-3,6,10H,4-5H2. The van der Waals surface area contributed by atoms with E-state index in [1.807, 2.05) is 0 Å². The predicted molar refractivity (Wildman–Crippen MR) is 51.1 cm³/mol. The first-order chi connectivity index (χ1) is 6.70. The zero-order valence-corrected chi connectivity index (χ0v) is 7.43. The third kappa shape index (κ3) is 1.32. The van der Waals surface area contributed by atoms with Crippen LogP contribution in [-0.4, -0.2) is 16.2 Å². The Bertz CT molecular complexity index is 403. The van der Waals surface area contributed by atoms with Crippen molar-refractivity contribution in [3.8, 4) is 0 Å². The number of fused-ring (bicyclic) bond motifs is 1. The molecule has 1 N–H and O–H groups in total. The summed E-state index contributed by atoms with van der Waals surface area (Å²) in [6, 6.07) is 4.85. The molecule has 0 fully saturated rings. The lowest BCUT2D eigenvalue weighted by molar-refractivity contribution is -0.384. The molecule has 0 saturated heterocycles. The van der Waals surface area contributed by atoms with Crippen LogP contribution in [0.4, 0.5) is 5.69 Å². The second-order valence-electron chi connectivity index (χ2n) is 3.24. The van der Waals surface area contributed by atoms with Gasteiger partial charge in [-0.25, -0.2) is 0 Å². The van der Waals surface area contributed by atoms with Crippen LogP contribution in [0.15, 0.2) is 18.2 Å². The fourth-order valence-corrected chi connectivity index (χ4v) is 1.61. The lowest BCUT2D eigenvalue weighted by Gasteiger charge is -2.06. The van der Waals surface area contributed by atoms with Crippen molar-refractivity contribution in [3.05, 3.63) is 39.4 Å². The average molecular weight is 191 g/mol. The van der Waals surface area contributed by atoms with Crippen molar-refractivity contribution >= 4 is 12.0 Å². The summed E-state index contributed by atoms with van der Waals surface area (Å²) in [5.41, 5.74) is 2.14. The third-order valence-electron chi connectivity index (χ3n) is 2.33. The van der Waals surface area contributed by atoms with Crippen LogP contribution in [0.3, 0.4) is 0 Å². The normalized spacial score (nSPS) is 13.9. The molecule has 0 saturated carbocycles. The van der Waals surface area contributed by atoms with Gasteiger partial charge in [0.1, 0.15) is 0 Å². The van der Waals surface area contributed by atoms with E-state index >= 15 is 0 Å². The van der Waals surface area contributed by atoms with Crippen LogP contribution in [0.5, 0.6) is 0 Å². The molecule has 0 bridgehead atoms. The molecular weight excluding hydrogens is 182 g/mol. The van der Waals surface area contributed by atoms with Gasteiger partial charge in [-0.1, -0.05) is 6.07 Å². The number of nitro groups is 1. The Kier molecular flexibility index (Phi) is 1.92. The van der Waals surface area contributed by atoms with E-state index < -0.39 is 4.92 Å². The smallest absolute Gasteiger partial charge is 0.269 e. The van der Waals surface area contributed by atoms with Crippen molar-refractivity contribution in [1.82, 2.24) is 4.90 Å². The Morgan fingerprint density at radius 2 is 2.14 bits per heavy atom. The molecule has 1 aliphatic rings. The van der Waals surface area contributed by atoms with E-state index in [2.05, 4.69) is 0 Å². The minimum absolute atomic E-state index is 0.121. The number of nitrogens with one attached hydrogen (secondary N) is 1. The van der Waals surface area contributed by atoms with Crippen LogP contribution in [0.25, 0.3) is 0 Å². The van der Waals surface area contributed by atoms with Gasteiger partial charge in [-0.05, 0) is 11.1 Å². The van der Waals surface area contributed by atoms with E-state index in [-0.39, 0.29) is 5.69 Å². The molecule has 5 heteroatoms. The number of benzene rings is 1. The van der Waals surface area contributed by atoms with Crippen LogP contribution in [0.1, 0.15) is 11.1 Å². The van der Waals surface area contributed by atoms with Gasteiger partial charge in [0, 0.05) is 25.2 Å². The average Bonchev–Trinajstić information content (AvgIpc) is 2.58. The summed E-state index contributed by atoms with van der Waals surface area (Å²) in [6.07, 6.45) is 1.26. The van der Waals surface area contributed by atoms with Crippen molar-refractivity contribution in [3.63, 3.8) is 0 Å². The first-order valence-corrected chi connectivity index (χ1v) is 4.21. The van der Waals surface area contributed by atoms with Crippen molar-refractivity contribution in [2.24, 2.45) is 0 Å². The Labute approximate surface area is 80.6 Å². The fraction of sp³-hybridized carbons (Fsp3) is 0.222. The predicted octanol–water partition coefficient (Wildman–Crippen LogP) is 1.52. The Morgan fingerprint density at radius 1 is 1.43 bits per heavy atom. The van der Waals surface area contributed by atoms with Gasteiger partial charge in [-0.15, -0.1) is 0 Å². The highest BCUT2D eigenvalue weighted by Gasteiger charge is 2.19. The van der Waals surface area contributed by atoms with Gasteiger partial charge < -0.3 is 4.90 Å². The summed E-state index contributed by atoms with van der Waals surface area (Å²) < 4.78 is 0. The van der Waals surface area contributed by atoms with Crippen molar-refractivity contribution < 1.29 is 4.92 Å². The highest BCUT2D eigenvalue weighted by molar-refractivity contribution is 5.54. The largest absolute Gasteiger partial charge is 0.354 e. The molecule has 5 nitrogen and oxygen atoms in total. The van der Waals surface area contributed by atoms with E-state index in [1.165, 1.54) is 12.4 Å². The van der Waals surface area contributed by atoms with Gasteiger partial charge in [-0.3, -0.25) is 15.5 Å². The summed E-state index contributed by atoms with van der Waals surface area (Å²) in [7, 11) is 0. The molecule has 0 radical (unpaired) electrons. The summed E-state index contributed by atoms with van der Waals surface area (Å²) in [6.45, 7) is 1.28. The molecule has 0 spiro atoms. The number of hydrogen-bond donors (Lipinski definition) is 1. The fourth-order valence-electron chi connectivity index (χ4n) is 1.61. The second kappa shape index (κ2) is 3.10. The maximum absolute atomic E-state index is 10.5. The lowest BCUT2D eigenvalue weighted by atomic mass is 10.1. The maximum Gasteiger partial charge on any atom is 0.269 e. The molecule has 0 unspecified atom stereocenters. The monoisotopic (exact) mass is 191 g/mol. The minimum atomic E-state index is -0.395. The summed E-state index contributed by atoms with van der Waals surface area (Å²) in [5, 5.41) is 17.6. The van der Waals surface area contributed by atoms with E-state index in [0.29, 0.717) is 13.1 Å². The maximum atomic E-state index is 10.5. The molecule has 0 atom stereocenters. The highest BCUT2D eigenvalue weighted by atomic mass is 16.6. The molecule has 72 valence electrons. The molecule has 1 aliphatic heterocycles. The molecule has 0 amide bonds. The van der Waals surface area contributed by atoms with Crippen molar-refractivity contribution in [2.45, 2.75) is 13.1 Å². The van der Waals surface area contributed by atoms with Crippen LogP contribution < -0.4 is 0 Å². The number of non-ortho nitro benzene ring substituents is 1. The van der Waals surface area contributed by atoms with Crippen LogP contribution in [0.2, 0.25) is 0 Å². The van der Waals surface area contributed by atoms with Gasteiger partial charge in [0.2, 0.25) is 0 Å². The Balaban J connectivity index is 2.35. The first kappa shape index (κ1) is 8.68. The Morgan fingerprint density at radius 3 is 2.79 bits per heavy atom. The van der Waals surface area contributed by atoms with Gasteiger partial charge >= 0.3 is 0 Å². The zero-order chi connectivity index (χ0) is 10.1. The van der Waals surface area contributed by atoms with E-state index in [1.54, 1.807) is 17.0 Å². The molecule has 2 rings (SSSR count). The summed E-state index contributed by atoms with van der Waals surface area (Å²) >= 11 is 0. The molecule has 1 aromatic rings. The molecular formula is C9H9N3O2. The number of rotatable bonds is 2. The number of nitrogens with zero attached hydrogens (tertiary/aromatic N) is 2. The molecule has 14 heavy (non-hydrogen) atoms. The first-order valence-electron chi connectivity index (χ1n) is 4.21. The SMILES string of the molecule is N=CN1Cc2ccc([N+](=O)[O-])cc2C1. The van der Waals surface area contributed by atoms with E-state index in [9.17, 15) is 10.1 Å². The topological polar surface area (TPSA) is 70.2 Å². The van der Waals surface area contributed by atoms with Crippen LogP contribution >= 0.6 is 0 Å². The second-order valence-corrected chi connectivity index (χ2v) is 3.24. The highest BCUT2D eigenvalue weighted by Crippen LogP contribution is 2.25. The molecule has 0 aromatic heterocycles. The zero-order valence-electron chi connectivity index (χ0n) is 7.43. The Hall–Kier alpha value is -1.91. The lowest BCUT2D eigenvalue weighted by Crippen LogP contribution is -2.12. The molecule has 1 aromatic carbocycles. The minimum Gasteiger partial charge on any atom is -0.354 e. The molecule has 0 aliphatic carbocycles. The summed E-state index contributed by atoms with van der Waals surface area (Å²) in [5.74, 6) is 0. The van der Waals surface area contributed by atoms with Crippen LogP contribution in [-0.2, 0) is 13.1 Å². The number of hydrogen-bond acceptors (Lipinski definition) is 3. The van der Waals surface area contributed by atoms with Gasteiger partial charge in [0.05, 0.1) is 11.3 Å². The quantitative estimate of drug-likeness (QED) is 0.333. The molecule has 1 heterocycles. The van der Waals surface area contributed by atoms with Crippen LogP contribution in [0, 0.1) is 15.5 Å². The van der Waals surface area contributed by atoms with Gasteiger partial charge in [0.15, 0.2) is 0 Å². The summed E-state index contributed by atoms with van der Waals surface area (Å²) in [4.78, 5) is 11.9. The number of nitro benzene ring substituents is 1. The van der Waals surface area contributed by atoms with E-state index in [0.717, 1.165) is 11.1 Å². The van der Waals surface area contributed by atoms with Gasteiger partial charge in [0.25, 0.3) is 5.69 Å². The third-order valence-corrected chi connectivity index (χ3v) is 2.33. The van der Waals surface area contributed by atoms with Gasteiger partial charge in [-0.2, -0.15) is 0 Å². The van der Waals surface area contributed by atoms with Crippen molar-refractivity contribution in [2.75, 3.05) is 0 Å².